The fourth-order valence-corrected chi connectivity index (χ4v) is 10.3. The Morgan fingerprint density at radius 1 is 0.786 bits per heavy atom. The second kappa shape index (κ2) is 12.8. The van der Waals surface area contributed by atoms with Crippen molar-refractivity contribution in [2.75, 3.05) is 39.6 Å². The molecule has 0 aliphatic heterocycles. The molecule has 7 heteroatoms. The van der Waals surface area contributed by atoms with Gasteiger partial charge in [0.1, 0.15) is 0 Å². The van der Waals surface area contributed by atoms with Gasteiger partial charge in [0.15, 0.2) is 8.32 Å². The maximum atomic E-state index is 8.86. The van der Waals surface area contributed by atoms with E-state index in [-0.39, 0.29) is 23.5 Å². The summed E-state index contributed by atoms with van der Waals surface area (Å²) in [6.45, 7) is 21.3. The minimum absolute atomic E-state index is 0.0906. The van der Waals surface area contributed by atoms with E-state index in [9.17, 15) is 0 Å². The summed E-state index contributed by atoms with van der Waals surface area (Å²) in [4.78, 5) is 0. The average Bonchev–Trinajstić information content (AvgIpc) is 2.59. The molecule has 1 unspecified atom stereocenters. The van der Waals surface area contributed by atoms with Gasteiger partial charge in [-0.1, -0.05) is 39.4 Å². The van der Waals surface area contributed by atoms with Crippen molar-refractivity contribution in [1.29, 1.82) is 0 Å². The van der Waals surface area contributed by atoms with Crippen LogP contribution in [0, 0.1) is 0 Å². The Morgan fingerprint density at radius 2 is 1.29 bits per heavy atom. The van der Waals surface area contributed by atoms with Crippen molar-refractivity contribution in [3.05, 3.63) is 0 Å². The molecule has 0 saturated heterocycles. The van der Waals surface area contributed by atoms with E-state index in [2.05, 4.69) is 53.9 Å². The van der Waals surface area contributed by atoms with Crippen LogP contribution in [0.4, 0.5) is 0 Å². The molecule has 170 valence electrons. The van der Waals surface area contributed by atoms with Gasteiger partial charge < -0.3 is 24.1 Å². The lowest BCUT2D eigenvalue weighted by molar-refractivity contribution is 0.0865. The predicted molar refractivity (Wildman–Crippen MR) is 123 cm³/mol. The number of aliphatic hydroxyl groups is 2. The average molecular weight is 437 g/mol. The Kier molecular flexibility index (Phi) is 12.9. The Morgan fingerprint density at radius 3 is 1.75 bits per heavy atom. The minimum Gasteiger partial charge on any atom is -0.415 e. The molecule has 0 aromatic carbocycles. The van der Waals surface area contributed by atoms with Gasteiger partial charge in [-0.25, -0.2) is 0 Å². The highest BCUT2D eigenvalue weighted by Gasteiger charge is 2.50. The van der Waals surface area contributed by atoms with E-state index >= 15 is 0 Å². The van der Waals surface area contributed by atoms with Crippen LogP contribution in [0.15, 0.2) is 0 Å². The van der Waals surface area contributed by atoms with Crippen LogP contribution in [0.3, 0.4) is 0 Å². The zero-order valence-electron chi connectivity index (χ0n) is 19.9. The topological polar surface area (TPSA) is 68.2 Å². The van der Waals surface area contributed by atoms with E-state index in [0.717, 1.165) is 31.7 Å². The molecule has 0 rings (SSSR count). The van der Waals surface area contributed by atoms with Crippen molar-refractivity contribution in [3.63, 3.8) is 0 Å². The first-order valence-corrected chi connectivity index (χ1v) is 17.1. The van der Waals surface area contributed by atoms with Gasteiger partial charge in [-0.2, -0.15) is 0 Å². The molecular formula is C21H48O5Si2. The SMILES string of the molecule is CCC(C)(CCCOCCO)[Si](C)(C)OC(C)(C)[Si](C)(C)CCCOCCO. The summed E-state index contributed by atoms with van der Waals surface area (Å²) in [5.74, 6) is 0. The van der Waals surface area contributed by atoms with Crippen LogP contribution >= 0.6 is 0 Å². The van der Waals surface area contributed by atoms with Crippen LogP contribution in [0.5, 0.6) is 0 Å². The Bertz CT molecular complexity index is 416. The van der Waals surface area contributed by atoms with Crippen LogP contribution in [0.25, 0.3) is 0 Å². The number of rotatable bonds is 17. The normalized spacial score (nSPS) is 15.6. The highest BCUT2D eigenvalue weighted by Crippen LogP contribution is 2.48. The molecule has 28 heavy (non-hydrogen) atoms. The first-order chi connectivity index (χ1) is 12.9. The molecule has 0 aromatic rings. The van der Waals surface area contributed by atoms with Crippen molar-refractivity contribution in [2.24, 2.45) is 0 Å². The predicted octanol–water partition coefficient (Wildman–Crippen LogP) is 4.59. The van der Waals surface area contributed by atoms with Gasteiger partial charge in [-0.3, -0.25) is 0 Å². The van der Waals surface area contributed by atoms with Gasteiger partial charge in [0.05, 0.1) is 34.5 Å². The van der Waals surface area contributed by atoms with E-state index in [4.69, 9.17) is 24.1 Å². The molecule has 0 aromatic heterocycles. The zero-order chi connectivity index (χ0) is 21.9. The lowest BCUT2D eigenvalue weighted by Crippen LogP contribution is -2.59. The summed E-state index contributed by atoms with van der Waals surface area (Å²) < 4.78 is 18.0. The first-order valence-electron chi connectivity index (χ1n) is 11.0. The van der Waals surface area contributed by atoms with Crippen molar-refractivity contribution >= 4 is 16.4 Å². The molecule has 0 bridgehead atoms. The van der Waals surface area contributed by atoms with Crippen LogP contribution in [-0.4, -0.2) is 71.5 Å². The number of ether oxygens (including phenoxy) is 2. The zero-order valence-corrected chi connectivity index (χ0v) is 21.9. The molecule has 2 N–H and O–H groups in total. The summed E-state index contributed by atoms with van der Waals surface area (Å²) in [5.41, 5.74) is 0. The molecule has 0 fully saturated rings. The second-order valence-corrected chi connectivity index (χ2v) is 19.7. The molecule has 5 nitrogen and oxygen atoms in total. The minimum atomic E-state index is -1.97. The third-order valence-electron chi connectivity index (χ3n) is 6.95. The van der Waals surface area contributed by atoms with Crippen molar-refractivity contribution in [3.8, 4) is 0 Å². The molecule has 0 radical (unpaired) electrons. The monoisotopic (exact) mass is 436 g/mol. The Balaban J connectivity index is 4.91. The summed E-state index contributed by atoms with van der Waals surface area (Å²) in [5, 5.41) is 17.8. The summed E-state index contributed by atoms with van der Waals surface area (Å²) >= 11 is 0. The van der Waals surface area contributed by atoms with Gasteiger partial charge in [0.2, 0.25) is 0 Å². The van der Waals surface area contributed by atoms with E-state index in [0.29, 0.717) is 26.4 Å². The third-order valence-corrected chi connectivity index (χ3v) is 16.7. The molecule has 0 amide bonds. The van der Waals surface area contributed by atoms with E-state index in [1.807, 2.05) is 0 Å². The third kappa shape index (κ3) is 8.94. The summed E-state index contributed by atoms with van der Waals surface area (Å²) in [7, 11) is -3.59. The number of hydrogen-bond acceptors (Lipinski definition) is 5. The van der Waals surface area contributed by atoms with Crippen molar-refractivity contribution in [1.82, 2.24) is 0 Å². The standard InChI is InChI=1S/C21H48O5Si2/c1-9-21(4,12-10-15-24-17-13-22)28(7,8)26-20(2,3)27(5,6)19-11-16-25-18-14-23/h22-23H,9-19H2,1-8H3. The Hall–Kier alpha value is 0.234. The molecule has 0 aliphatic carbocycles. The summed E-state index contributed by atoms with van der Waals surface area (Å²) in [6, 6.07) is 1.16. The molecule has 1 atom stereocenters. The lowest BCUT2D eigenvalue weighted by atomic mass is 10.0. The van der Waals surface area contributed by atoms with Gasteiger partial charge in [0, 0.05) is 18.4 Å². The van der Waals surface area contributed by atoms with Gasteiger partial charge >= 0.3 is 0 Å². The number of aliphatic hydroxyl groups excluding tert-OH is 2. The summed E-state index contributed by atoms with van der Waals surface area (Å²) in [6.07, 6.45) is 4.25. The van der Waals surface area contributed by atoms with Gasteiger partial charge in [0.25, 0.3) is 0 Å². The molecule has 0 heterocycles. The maximum absolute atomic E-state index is 8.86. The lowest BCUT2D eigenvalue weighted by Gasteiger charge is -2.51. The maximum Gasteiger partial charge on any atom is 0.192 e. The van der Waals surface area contributed by atoms with Gasteiger partial charge in [-0.05, 0) is 51.2 Å². The molecular weight excluding hydrogens is 388 g/mol. The fraction of sp³-hybridized carbons (Fsp3) is 1.00. The molecule has 0 aliphatic rings. The van der Waals surface area contributed by atoms with Gasteiger partial charge in [-0.15, -0.1) is 0 Å². The highest BCUT2D eigenvalue weighted by molar-refractivity contribution is 6.82. The fourth-order valence-electron chi connectivity index (χ4n) is 3.62. The molecule has 0 spiro atoms. The van der Waals surface area contributed by atoms with Crippen molar-refractivity contribution in [2.45, 2.75) is 95.9 Å². The van der Waals surface area contributed by atoms with Crippen LogP contribution in [-0.2, 0) is 13.9 Å². The van der Waals surface area contributed by atoms with Crippen LogP contribution in [0.2, 0.25) is 37.3 Å². The number of hydrogen-bond donors (Lipinski definition) is 2. The first kappa shape index (κ1) is 28.2. The molecule has 0 saturated carbocycles. The van der Waals surface area contributed by atoms with E-state index in [1.165, 1.54) is 0 Å². The highest BCUT2D eigenvalue weighted by atomic mass is 28.4. The van der Waals surface area contributed by atoms with Crippen LogP contribution in [0.1, 0.15) is 53.4 Å². The Labute approximate surface area is 176 Å². The van der Waals surface area contributed by atoms with E-state index in [1.54, 1.807) is 0 Å². The van der Waals surface area contributed by atoms with E-state index < -0.39 is 16.4 Å². The second-order valence-electron chi connectivity index (χ2n) is 9.80. The quantitative estimate of drug-likeness (QED) is 0.258. The smallest absolute Gasteiger partial charge is 0.192 e. The van der Waals surface area contributed by atoms with Crippen molar-refractivity contribution < 1.29 is 24.1 Å². The van der Waals surface area contributed by atoms with Crippen LogP contribution < -0.4 is 0 Å². The largest absolute Gasteiger partial charge is 0.415 e.